The molecule has 0 aliphatic heterocycles. The highest BCUT2D eigenvalue weighted by atomic mass is 35.5. The largest absolute Gasteiger partial charge is 0.493 e. The first-order valence-corrected chi connectivity index (χ1v) is 7.78. The molecule has 0 aliphatic rings. The first-order chi connectivity index (χ1) is 9.10. The number of hydrogen-bond acceptors (Lipinski definition) is 3. The van der Waals surface area contributed by atoms with Crippen molar-refractivity contribution in [1.82, 2.24) is 4.98 Å². The Morgan fingerprint density at radius 3 is 2.53 bits per heavy atom. The van der Waals surface area contributed by atoms with Gasteiger partial charge in [0.05, 0.1) is 23.2 Å². The van der Waals surface area contributed by atoms with Gasteiger partial charge in [-0.05, 0) is 37.1 Å². The maximum Gasteiger partial charge on any atom is 0.125 e. The first-order valence-electron chi connectivity index (χ1n) is 5.99. The number of rotatable bonds is 5. The summed E-state index contributed by atoms with van der Waals surface area (Å²) >= 11 is 13.3. The maximum absolute atomic E-state index is 5.99. The monoisotopic (exact) mass is 315 g/mol. The molecule has 0 bridgehead atoms. The lowest BCUT2D eigenvalue weighted by molar-refractivity contribution is 0.317. The standard InChI is InChI=1S/C14H15Cl2NOS/c1-9-5-11(16)6-10(2)14(9)18-4-3-13-17-12(7-15)8-19-13/h5-6,8H,3-4,7H2,1-2H3. The fourth-order valence-corrected chi connectivity index (χ4v) is 3.23. The predicted octanol–water partition coefficient (Wildman–Crippen LogP) is 4.77. The van der Waals surface area contributed by atoms with Crippen molar-refractivity contribution in [2.75, 3.05) is 6.61 Å². The minimum Gasteiger partial charge on any atom is -0.493 e. The zero-order valence-electron chi connectivity index (χ0n) is 10.9. The summed E-state index contributed by atoms with van der Waals surface area (Å²) in [7, 11) is 0. The quantitative estimate of drug-likeness (QED) is 0.741. The normalized spacial score (nSPS) is 10.7. The van der Waals surface area contributed by atoms with Crippen LogP contribution in [0, 0.1) is 13.8 Å². The number of nitrogens with zero attached hydrogens (tertiary/aromatic N) is 1. The van der Waals surface area contributed by atoms with Gasteiger partial charge in [0.1, 0.15) is 5.75 Å². The fraction of sp³-hybridized carbons (Fsp3) is 0.357. The minimum atomic E-state index is 0.465. The molecular formula is C14H15Cl2NOS. The number of alkyl halides is 1. The Labute approximate surface area is 127 Å². The number of ether oxygens (including phenoxy) is 1. The van der Waals surface area contributed by atoms with Crippen LogP contribution < -0.4 is 4.74 Å². The molecule has 5 heteroatoms. The van der Waals surface area contributed by atoms with E-state index in [2.05, 4.69) is 4.98 Å². The number of aryl methyl sites for hydroxylation is 2. The molecule has 0 amide bonds. The van der Waals surface area contributed by atoms with Crippen LogP contribution in [0.1, 0.15) is 21.8 Å². The third-order valence-corrected chi connectivity index (χ3v) is 4.17. The molecule has 1 aromatic heterocycles. The van der Waals surface area contributed by atoms with Gasteiger partial charge in [-0.25, -0.2) is 4.98 Å². The van der Waals surface area contributed by atoms with Gasteiger partial charge in [-0.2, -0.15) is 0 Å². The Hall–Kier alpha value is -0.770. The van der Waals surface area contributed by atoms with E-state index in [0.29, 0.717) is 12.5 Å². The minimum absolute atomic E-state index is 0.465. The van der Waals surface area contributed by atoms with Crippen LogP contribution in [-0.4, -0.2) is 11.6 Å². The van der Waals surface area contributed by atoms with Crippen LogP contribution in [0.3, 0.4) is 0 Å². The Bertz CT molecular complexity index is 545. The van der Waals surface area contributed by atoms with Gasteiger partial charge in [-0.15, -0.1) is 22.9 Å². The van der Waals surface area contributed by atoms with E-state index in [4.69, 9.17) is 27.9 Å². The van der Waals surface area contributed by atoms with E-state index in [9.17, 15) is 0 Å². The number of thiazole rings is 1. The van der Waals surface area contributed by atoms with Crippen molar-refractivity contribution in [2.45, 2.75) is 26.1 Å². The first kappa shape index (κ1) is 14.6. The van der Waals surface area contributed by atoms with E-state index < -0.39 is 0 Å². The Balaban J connectivity index is 1.96. The van der Waals surface area contributed by atoms with Gasteiger partial charge < -0.3 is 4.74 Å². The fourth-order valence-electron chi connectivity index (χ4n) is 1.89. The summed E-state index contributed by atoms with van der Waals surface area (Å²) in [6, 6.07) is 3.83. The molecule has 0 spiro atoms. The maximum atomic E-state index is 5.99. The molecule has 0 aliphatic carbocycles. The molecule has 0 saturated heterocycles. The van der Waals surface area contributed by atoms with Crippen molar-refractivity contribution in [3.63, 3.8) is 0 Å². The predicted molar refractivity (Wildman–Crippen MR) is 81.8 cm³/mol. The zero-order valence-corrected chi connectivity index (χ0v) is 13.2. The van der Waals surface area contributed by atoms with Crippen molar-refractivity contribution in [3.8, 4) is 5.75 Å². The van der Waals surface area contributed by atoms with Crippen molar-refractivity contribution in [2.24, 2.45) is 0 Å². The molecule has 19 heavy (non-hydrogen) atoms. The van der Waals surface area contributed by atoms with Gasteiger partial charge in [0.25, 0.3) is 0 Å². The highest BCUT2D eigenvalue weighted by Crippen LogP contribution is 2.27. The summed E-state index contributed by atoms with van der Waals surface area (Å²) in [5, 5.41) is 3.79. The Morgan fingerprint density at radius 2 is 1.95 bits per heavy atom. The average molecular weight is 316 g/mol. The molecule has 0 radical (unpaired) electrons. The van der Waals surface area contributed by atoms with Crippen LogP contribution in [0.4, 0.5) is 0 Å². The SMILES string of the molecule is Cc1cc(Cl)cc(C)c1OCCc1nc(CCl)cs1. The zero-order chi connectivity index (χ0) is 13.8. The number of halogens is 2. The second-order valence-electron chi connectivity index (χ2n) is 4.33. The van der Waals surface area contributed by atoms with Gasteiger partial charge in [-0.1, -0.05) is 11.6 Å². The summed E-state index contributed by atoms with van der Waals surface area (Å²) in [6.07, 6.45) is 0.795. The molecular weight excluding hydrogens is 301 g/mol. The summed E-state index contributed by atoms with van der Waals surface area (Å²) in [5.41, 5.74) is 3.05. The van der Waals surface area contributed by atoms with Crippen molar-refractivity contribution in [1.29, 1.82) is 0 Å². The summed E-state index contributed by atoms with van der Waals surface area (Å²) < 4.78 is 5.84. The molecule has 0 fully saturated rings. The lowest BCUT2D eigenvalue weighted by Gasteiger charge is -2.12. The number of aromatic nitrogens is 1. The van der Waals surface area contributed by atoms with Crippen molar-refractivity contribution in [3.05, 3.63) is 44.4 Å². The lowest BCUT2D eigenvalue weighted by Crippen LogP contribution is -2.03. The van der Waals surface area contributed by atoms with Crippen LogP contribution in [-0.2, 0) is 12.3 Å². The van der Waals surface area contributed by atoms with E-state index in [1.165, 1.54) is 0 Å². The molecule has 1 heterocycles. The van der Waals surface area contributed by atoms with E-state index in [1.54, 1.807) is 11.3 Å². The topological polar surface area (TPSA) is 22.1 Å². The number of benzene rings is 1. The molecule has 1 aromatic carbocycles. The van der Waals surface area contributed by atoms with Crippen LogP contribution in [0.25, 0.3) is 0 Å². The highest BCUT2D eigenvalue weighted by Gasteiger charge is 2.07. The van der Waals surface area contributed by atoms with Gasteiger partial charge in [-0.3, -0.25) is 0 Å². The second kappa shape index (κ2) is 6.60. The molecule has 2 aromatic rings. The average Bonchev–Trinajstić information content (AvgIpc) is 2.80. The van der Waals surface area contributed by atoms with E-state index in [0.717, 1.165) is 39.0 Å². The van der Waals surface area contributed by atoms with E-state index in [1.807, 2.05) is 31.4 Å². The molecule has 0 N–H and O–H groups in total. The number of hydrogen-bond donors (Lipinski definition) is 0. The van der Waals surface area contributed by atoms with E-state index >= 15 is 0 Å². The van der Waals surface area contributed by atoms with Gasteiger partial charge in [0, 0.05) is 16.8 Å². The molecule has 2 rings (SSSR count). The second-order valence-corrected chi connectivity index (χ2v) is 5.98. The van der Waals surface area contributed by atoms with E-state index in [-0.39, 0.29) is 0 Å². The Kier molecular flexibility index (Phi) is 5.08. The summed E-state index contributed by atoms with van der Waals surface area (Å²) in [5.74, 6) is 1.38. The third kappa shape index (κ3) is 3.85. The van der Waals surface area contributed by atoms with Gasteiger partial charge in [0.15, 0.2) is 0 Å². The van der Waals surface area contributed by atoms with Crippen LogP contribution in [0.2, 0.25) is 5.02 Å². The molecule has 0 saturated carbocycles. The van der Waals surface area contributed by atoms with Gasteiger partial charge >= 0.3 is 0 Å². The van der Waals surface area contributed by atoms with Crippen LogP contribution in [0.5, 0.6) is 5.75 Å². The summed E-state index contributed by atoms with van der Waals surface area (Å²) in [4.78, 5) is 4.40. The van der Waals surface area contributed by atoms with Crippen LogP contribution >= 0.6 is 34.5 Å². The third-order valence-electron chi connectivity index (χ3n) is 2.72. The molecule has 0 unspecified atom stereocenters. The van der Waals surface area contributed by atoms with Crippen molar-refractivity contribution >= 4 is 34.5 Å². The molecule has 0 atom stereocenters. The molecule has 2 nitrogen and oxygen atoms in total. The summed E-state index contributed by atoms with van der Waals surface area (Å²) in [6.45, 7) is 4.62. The van der Waals surface area contributed by atoms with Crippen molar-refractivity contribution < 1.29 is 4.74 Å². The smallest absolute Gasteiger partial charge is 0.125 e. The lowest BCUT2D eigenvalue weighted by atomic mass is 10.1. The van der Waals surface area contributed by atoms with Crippen LogP contribution in [0.15, 0.2) is 17.5 Å². The molecule has 102 valence electrons. The Morgan fingerprint density at radius 1 is 1.26 bits per heavy atom. The highest BCUT2D eigenvalue weighted by molar-refractivity contribution is 7.09. The van der Waals surface area contributed by atoms with Gasteiger partial charge in [0.2, 0.25) is 0 Å².